The first-order chi connectivity index (χ1) is 14.4. The topological polar surface area (TPSA) is 70.5 Å². The van der Waals surface area contributed by atoms with Crippen LogP contribution in [0.2, 0.25) is 0 Å². The van der Waals surface area contributed by atoms with E-state index in [0.717, 1.165) is 0 Å². The number of aryl methyl sites for hydroxylation is 1. The van der Waals surface area contributed by atoms with E-state index in [1.54, 1.807) is 29.7 Å². The number of hydrogen-bond acceptors (Lipinski definition) is 4. The zero-order valence-corrected chi connectivity index (χ0v) is 18.3. The van der Waals surface area contributed by atoms with Crippen molar-refractivity contribution in [3.63, 3.8) is 0 Å². The normalized spacial score (nSPS) is 19.2. The number of nitrogens with zero attached hydrogens (tertiary/aromatic N) is 4. The molecule has 2 atom stereocenters. The molecule has 0 saturated carbocycles. The third-order valence-electron chi connectivity index (χ3n) is 5.36. The predicted octanol–water partition coefficient (Wildman–Crippen LogP) is 3.58. The first-order valence-corrected chi connectivity index (χ1v) is 10.3. The molecule has 1 N–H and O–H groups in total. The van der Waals surface area contributed by atoms with Crippen molar-refractivity contribution in [2.75, 3.05) is 32.1 Å². The Hall–Kier alpha value is -2.55. The zero-order chi connectivity index (χ0) is 22.4. The molecule has 0 radical (unpaired) electrons. The van der Waals surface area contributed by atoms with E-state index >= 15 is 0 Å². The summed E-state index contributed by atoms with van der Waals surface area (Å²) in [5.74, 6) is -0.356. The molecule has 1 saturated heterocycles. The number of aldehydes is 1. The lowest BCUT2D eigenvalue weighted by Gasteiger charge is -2.32. The highest BCUT2D eigenvalue weighted by molar-refractivity contribution is 6.01. The van der Waals surface area contributed by atoms with Gasteiger partial charge in [-0.25, -0.2) is 13.6 Å². The predicted molar refractivity (Wildman–Crippen MR) is 114 cm³/mol. The summed E-state index contributed by atoms with van der Waals surface area (Å²) in [5.41, 5.74) is 1.12. The van der Waals surface area contributed by atoms with Crippen LogP contribution in [-0.4, -0.2) is 60.5 Å². The highest BCUT2D eigenvalue weighted by atomic mass is 19.1. The van der Waals surface area contributed by atoms with Crippen molar-refractivity contribution >= 4 is 29.0 Å². The first kappa shape index (κ1) is 23.7. The average molecular weight is 424 g/mol. The fraction of sp³-hybridized carbons (Fsp3) is 0.571. The molecule has 1 aromatic carbocycles. The third kappa shape index (κ3) is 4.77. The van der Waals surface area contributed by atoms with Crippen molar-refractivity contribution in [3.8, 4) is 0 Å². The van der Waals surface area contributed by atoms with Gasteiger partial charge in [0.2, 0.25) is 0 Å². The van der Waals surface area contributed by atoms with Crippen LogP contribution in [0, 0.1) is 5.82 Å². The number of halogens is 2. The number of carbonyl (C=O) groups is 2. The maximum atomic E-state index is 15.0. The fourth-order valence-corrected chi connectivity index (χ4v) is 3.72. The molecule has 3 rings (SSSR count). The number of piperidine rings is 1. The minimum atomic E-state index is -1.09. The summed E-state index contributed by atoms with van der Waals surface area (Å²) in [6.45, 7) is 4.70. The second-order valence-electron chi connectivity index (χ2n) is 7.14. The number of benzene rings is 1. The van der Waals surface area contributed by atoms with Gasteiger partial charge < -0.3 is 10.1 Å². The summed E-state index contributed by atoms with van der Waals surface area (Å²) in [5, 5.41) is 7.37. The molecule has 0 bridgehead atoms. The molecular formula is C21H31F2N5O2. The van der Waals surface area contributed by atoms with Crippen molar-refractivity contribution in [2.45, 2.75) is 45.3 Å². The van der Waals surface area contributed by atoms with E-state index in [9.17, 15) is 18.4 Å². The number of urea groups is 1. The Kier molecular flexibility index (Phi) is 8.28. The lowest BCUT2D eigenvalue weighted by atomic mass is 9.88. The van der Waals surface area contributed by atoms with Crippen molar-refractivity contribution < 1.29 is 18.4 Å². The van der Waals surface area contributed by atoms with Crippen molar-refractivity contribution in [2.24, 2.45) is 7.05 Å². The van der Waals surface area contributed by atoms with Gasteiger partial charge >= 0.3 is 6.03 Å². The Morgan fingerprint density at radius 2 is 2.07 bits per heavy atom. The average Bonchev–Trinajstić information content (AvgIpc) is 3.06. The number of aromatic nitrogens is 2. The molecule has 2 amide bonds. The Morgan fingerprint density at radius 1 is 1.37 bits per heavy atom. The number of likely N-dealkylation sites (tertiary alicyclic amines) is 1. The highest BCUT2D eigenvalue weighted by Crippen LogP contribution is 2.36. The number of amides is 2. The van der Waals surface area contributed by atoms with Gasteiger partial charge in [0.15, 0.2) is 12.1 Å². The minimum absolute atomic E-state index is 0.136. The molecule has 2 heterocycles. The van der Waals surface area contributed by atoms with Crippen LogP contribution in [-0.2, 0) is 11.8 Å². The van der Waals surface area contributed by atoms with E-state index in [1.165, 1.54) is 18.0 Å². The van der Waals surface area contributed by atoms with E-state index in [2.05, 4.69) is 10.4 Å². The summed E-state index contributed by atoms with van der Waals surface area (Å²) in [6, 6.07) is 2.63. The fourth-order valence-electron chi connectivity index (χ4n) is 3.72. The van der Waals surface area contributed by atoms with Gasteiger partial charge in [-0.1, -0.05) is 13.8 Å². The van der Waals surface area contributed by atoms with Gasteiger partial charge in [0, 0.05) is 39.0 Å². The molecular weight excluding hydrogens is 392 g/mol. The van der Waals surface area contributed by atoms with Crippen LogP contribution >= 0.6 is 0 Å². The molecule has 1 aliphatic rings. The lowest BCUT2D eigenvalue weighted by Crippen LogP contribution is -2.39. The van der Waals surface area contributed by atoms with E-state index in [-0.39, 0.29) is 31.1 Å². The number of hydrogen-bond donors (Lipinski definition) is 1. The maximum absolute atomic E-state index is 15.0. The standard InChI is InChI=1S/C19H25F2N5O2.C2H6/c1-22-19(28)26(6-4-8-27)18-14-10-15(20)13(11-16(14)25(3)23-18)12-5-7-24(2)17(21)9-12;1-2/h8,10-12,17H,4-7,9H2,1-3H3,(H,22,28);1-2H3. The molecule has 0 aliphatic carbocycles. The van der Waals surface area contributed by atoms with Gasteiger partial charge in [0.25, 0.3) is 0 Å². The van der Waals surface area contributed by atoms with E-state index < -0.39 is 18.1 Å². The minimum Gasteiger partial charge on any atom is -0.341 e. The van der Waals surface area contributed by atoms with Gasteiger partial charge in [-0.15, -0.1) is 0 Å². The molecule has 2 unspecified atom stereocenters. The second-order valence-corrected chi connectivity index (χ2v) is 7.14. The van der Waals surface area contributed by atoms with Gasteiger partial charge in [-0.3, -0.25) is 14.5 Å². The maximum Gasteiger partial charge on any atom is 0.322 e. The van der Waals surface area contributed by atoms with E-state index in [1.807, 2.05) is 13.8 Å². The Balaban J connectivity index is 0.00000155. The van der Waals surface area contributed by atoms with Gasteiger partial charge in [0.05, 0.1) is 5.52 Å². The van der Waals surface area contributed by atoms with Gasteiger partial charge in [-0.05, 0) is 43.5 Å². The molecule has 1 aliphatic heterocycles. The summed E-state index contributed by atoms with van der Waals surface area (Å²) in [7, 11) is 4.91. The monoisotopic (exact) mass is 423 g/mol. The zero-order valence-electron chi connectivity index (χ0n) is 18.3. The van der Waals surface area contributed by atoms with Crippen LogP contribution < -0.4 is 10.2 Å². The number of anilines is 1. The molecule has 1 aromatic heterocycles. The molecule has 7 nitrogen and oxygen atoms in total. The molecule has 2 aromatic rings. The number of fused-ring (bicyclic) bond motifs is 1. The first-order valence-electron chi connectivity index (χ1n) is 10.3. The van der Waals surface area contributed by atoms with Crippen LogP contribution in [0.3, 0.4) is 0 Å². The quantitative estimate of drug-likeness (QED) is 0.590. The Labute approximate surface area is 176 Å². The smallest absolute Gasteiger partial charge is 0.322 e. The molecule has 9 heteroatoms. The van der Waals surface area contributed by atoms with Crippen LogP contribution in [0.1, 0.15) is 44.6 Å². The van der Waals surface area contributed by atoms with Crippen molar-refractivity contribution in [1.82, 2.24) is 20.0 Å². The van der Waals surface area contributed by atoms with Crippen molar-refractivity contribution in [3.05, 3.63) is 23.5 Å². The molecule has 1 fully saturated rings. The van der Waals surface area contributed by atoms with Crippen molar-refractivity contribution in [1.29, 1.82) is 0 Å². The second kappa shape index (κ2) is 10.5. The Morgan fingerprint density at radius 3 is 2.67 bits per heavy atom. The highest BCUT2D eigenvalue weighted by Gasteiger charge is 2.30. The number of alkyl halides is 1. The molecule has 0 spiro atoms. The van der Waals surface area contributed by atoms with Gasteiger partial charge in [-0.2, -0.15) is 5.10 Å². The van der Waals surface area contributed by atoms with E-state index in [4.69, 9.17) is 0 Å². The molecule has 166 valence electrons. The number of nitrogens with one attached hydrogen (secondary N) is 1. The SMILES string of the molecule is CC.CNC(=O)N(CCC=O)c1nn(C)c2cc(C3CCN(C)C(F)C3)c(F)cc12. The Bertz CT molecular complexity index is 886. The number of carbonyl (C=O) groups excluding carboxylic acids is 2. The summed E-state index contributed by atoms with van der Waals surface area (Å²) >= 11 is 0. The van der Waals surface area contributed by atoms with Crippen LogP contribution in [0.25, 0.3) is 10.9 Å². The third-order valence-corrected chi connectivity index (χ3v) is 5.36. The number of rotatable bonds is 5. The lowest BCUT2D eigenvalue weighted by molar-refractivity contribution is -0.107. The molecule has 30 heavy (non-hydrogen) atoms. The summed E-state index contributed by atoms with van der Waals surface area (Å²) in [4.78, 5) is 26.0. The van der Waals surface area contributed by atoms with Crippen LogP contribution in [0.5, 0.6) is 0 Å². The summed E-state index contributed by atoms with van der Waals surface area (Å²) < 4.78 is 30.6. The summed E-state index contributed by atoms with van der Waals surface area (Å²) in [6.07, 6.45) is 0.677. The largest absolute Gasteiger partial charge is 0.341 e. The van der Waals surface area contributed by atoms with Crippen LogP contribution in [0.4, 0.5) is 19.4 Å². The van der Waals surface area contributed by atoms with Gasteiger partial charge in [0.1, 0.15) is 12.1 Å². The van der Waals surface area contributed by atoms with E-state index in [0.29, 0.717) is 35.7 Å². The van der Waals surface area contributed by atoms with Crippen LogP contribution in [0.15, 0.2) is 12.1 Å².